The SMILES string of the molecule is COc1ccc(C(=O)Nc2cccc(-c3coc(C)n3)c2)c(F)c1. The van der Waals surface area contributed by atoms with E-state index in [1.54, 1.807) is 31.4 Å². The molecular formula is C18H15FN2O3. The Morgan fingerprint density at radius 3 is 2.75 bits per heavy atom. The standard InChI is InChI=1S/C18H15FN2O3/c1-11-20-17(10-24-11)12-4-3-5-13(8-12)21-18(22)15-7-6-14(23-2)9-16(15)19/h3-10H,1-2H3,(H,21,22). The van der Waals surface area contributed by atoms with E-state index in [-0.39, 0.29) is 5.56 Å². The van der Waals surface area contributed by atoms with Gasteiger partial charge in [-0.05, 0) is 24.3 Å². The second-order valence-electron chi connectivity index (χ2n) is 5.13. The van der Waals surface area contributed by atoms with E-state index >= 15 is 0 Å². The summed E-state index contributed by atoms with van der Waals surface area (Å²) in [6.45, 7) is 1.75. The van der Waals surface area contributed by atoms with Crippen LogP contribution in [0.1, 0.15) is 16.2 Å². The van der Waals surface area contributed by atoms with E-state index in [9.17, 15) is 9.18 Å². The van der Waals surface area contributed by atoms with Crippen LogP contribution >= 0.6 is 0 Å². The number of halogens is 1. The summed E-state index contributed by atoms with van der Waals surface area (Å²) in [5, 5.41) is 2.68. The van der Waals surface area contributed by atoms with Crippen molar-refractivity contribution in [2.24, 2.45) is 0 Å². The van der Waals surface area contributed by atoms with Gasteiger partial charge in [-0.1, -0.05) is 12.1 Å². The number of hydrogen-bond donors (Lipinski definition) is 1. The highest BCUT2D eigenvalue weighted by atomic mass is 19.1. The lowest BCUT2D eigenvalue weighted by Crippen LogP contribution is -2.13. The minimum atomic E-state index is -0.643. The van der Waals surface area contributed by atoms with E-state index in [2.05, 4.69) is 10.3 Å². The molecule has 0 aliphatic heterocycles. The van der Waals surface area contributed by atoms with Gasteiger partial charge in [0.2, 0.25) is 0 Å². The minimum Gasteiger partial charge on any atom is -0.497 e. The number of nitrogens with one attached hydrogen (secondary N) is 1. The maximum absolute atomic E-state index is 14.0. The number of benzene rings is 2. The number of aromatic nitrogens is 1. The molecule has 0 atom stereocenters. The average molecular weight is 326 g/mol. The molecule has 3 aromatic rings. The molecule has 0 unspecified atom stereocenters. The van der Waals surface area contributed by atoms with Crippen LogP contribution in [0.4, 0.5) is 10.1 Å². The third kappa shape index (κ3) is 3.27. The van der Waals surface area contributed by atoms with Crippen molar-refractivity contribution in [3.63, 3.8) is 0 Å². The number of nitrogens with zero attached hydrogens (tertiary/aromatic N) is 1. The Hall–Kier alpha value is -3.15. The minimum absolute atomic E-state index is 0.0570. The lowest BCUT2D eigenvalue weighted by atomic mass is 10.1. The number of anilines is 1. The lowest BCUT2D eigenvalue weighted by Gasteiger charge is -2.08. The highest BCUT2D eigenvalue weighted by molar-refractivity contribution is 6.04. The average Bonchev–Trinajstić information content (AvgIpc) is 3.01. The fraction of sp³-hybridized carbons (Fsp3) is 0.111. The van der Waals surface area contributed by atoms with Crippen LogP contribution in [0.15, 0.2) is 53.1 Å². The van der Waals surface area contributed by atoms with Gasteiger partial charge in [-0.3, -0.25) is 4.79 Å². The van der Waals surface area contributed by atoms with Gasteiger partial charge in [0.05, 0.1) is 12.7 Å². The summed E-state index contributed by atoms with van der Waals surface area (Å²) < 4.78 is 24.1. The number of ether oxygens (including phenoxy) is 1. The van der Waals surface area contributed by atoms with E-state index in [0.717, 1.165) is 5.56 Å². The van der Waals surface area contributed by atoms with E-state index in [0.29, 0.717) is 23.0 Å². The fourth-order valence-corrected chi connectivity index (χ4v) is 2.26. The van der Waals surface area contributed by atoms with Crippen LogP contribution in [-0.4, -0.2) is 18.0 Å². The zero-order chi connectivity index (χ0) is 17.1. The number of amides is 1. The molecular weight excluding hydrogens is 311 g/mol. The molecule has 1 aromatic heterocycles. The molecule has 1 heterocycles. The van der Waals surface area contributed by atoms with E-state index in [4.69, 9.17) is 9.15 Å². The molecule has 2 aromatic carbocycles. The molecule has 0 fully saturated rings. The van der Waals surface area contributed by atoms with Gasteiger partial charge in [0.1, 0.15) is 23.5 Å². The van der Waals surface area contributed by atoms with Crippen LogP contribution in [0, 0.1) is 12.7 Å². The number of rotatable bonds is 4. The van der Waals surface area contributed by atoms with Crippen LogP contribution in [0.25, 0.3) is 11.3 Å². The molecule has 1 amide bonds. The Kier molecular flexibility index (Phi) is 4.29. The maximum Gasteiger partial charge on any atom is 0.258 e. The molecule has 0 aliphatic carbocycles. The summed E-state index contributed by atoms with van der Waals surface area (Å²) in [5.41, 5.74) is 1.94. The van der Waals surface area contributed by atoms with Crippen molar-refractivity contribution < 1.29 is 18.3 Å². The van der Waals surface area contributed by atoms with Crippen molar-refractivity contribution in [3.05, 3.63) is 66.0 Å². The highest BCUT2D eigenvalue weighted by Gasteiger charge is 2.13. The number of aryl methyl sites for hydroxylation is 1. The van der Waals surface area contributed by atoms with Gasteiger partial charge in [-0.25, -0.2) is 9.37 Å². The first-order valence-electron chi connectivity index (χ1n) is 7.24. The molecule has 0 aliphatic rings. The molecule has 24 heavy (non-hydrogen) atoms. The highest BCUT2D eigenvalue weighted by Crippen LogP contribution is 2.23. The Morgan fingerprint density at radius 2 is 2.08 bits per heavy atom. The van der Waals surface area contributed by atoms with Crippen molar-refractivity contribution in [2.45, 2.75) is 6.92 Å². The Morgan fingerprint density at radius 1 is 1.25 bits per heavy atom. The first-order valence-corrected chi connectivity index (χ1v) is 7.24. The zero-order valence-electron chi connectivity index (χ0n) is 13.2. The number of hydrogen-bond acceptors (Lipinski definition) is 4. The maximum atomic E-state index is 14.0. The summed E-state index contributed by atoms with van der Waals surface area (Å²) >= 11 is 0. The topological polar surface area (TPSA) is 64.4 Å². The molecule has 3 rings (SSSR count). The molecule has 122 valence electrons. The van der Waals surface area contributed by atoms with Crippen molar-refractivity contribution >= 4 is 11.6 Å². The van der Waals surface area contributed by atoms with Crippen molar-refractivity contribution in [1.82, 2.24) is 4.98 Å². The molecule has 1 N–H and O–H groups in total. The van der Waals surface area contributed by atoms with Crippen LogP contribution in [0.5, 0.6) is 5.75 Å². The Labute approximate surface area is 138 Å². The molecule has 0 radical (unpaired) electrons. The summed E-state index contributed by atoms with van der Waals surface area (Å²) in [5.74, 6) is -0.272. The van der Waals surface area contributed by atoms with Gasteiger partial charge >= 0.3 is 0 Å². The quantitative estimate of drug-likeness (QED) is 0.785. The van der Waals surface area contributed by atoms with E-state index < -0.39 is 11.7 Å². The second-order valence-corrected chi connectivity index (χ2v) is 5.13. The monoisotopic (exact) mass is 326 g/mol. The third-order valence-corrected chi connectivity index (χ3v) is 3.46. The molecule has 0 spiro atoms. The Bertz CT molecular complexity index is 889. The van der Waals surface area contributed by atoms with Crippen LogP contribution in [0.2, 0.25) is 0 Å². The predicted octanol–water partition coefficient (Wildman–Crippen LogP) is 4.05. The summed E-state index contributed by atoms with van der Waals surface area (Å²) in [7, 11) is 1.44. The second kappa shape index (κ2) is 6.54. The van der Waals surface area contributed by atoms with Gasteiger partial charge in [0.15, 0.2) is 5.89 Å². The molecule has 0 bridgehead atoms. The van der Waals surface area contributed by atoms with Crippen LogP contribution in [-0.2, 0) is 0 Å². The normalized spacial score (nSPS) is 10.5. The van der Waals surface area contributed by atoms with E-state index in [1.165, 1.54) is 25.3 Å². The fourth-order valence-electron chi connectivity index (χ4n) is 2.26. The summed E-state index contributed by atoms with van der Waals surface area (Å²) in [6, 6.07) is 11.2. The molecule has 0 saturated heterocycles. The number of methoxy groups -OCH3 is 1. The number of carbonyl (C=O) groups excluding carboxylic acids is 1. The lowest BCUT2D eigenvalue weighted by molar-refractivity contribution is 0.102. The van der Waals surface area contributed by atoms with Crippen LogP contribution < -0.4 is 10.1 Å². The summed E-state index contributed by atoms with van der Waals surface area (Å²) in [6.07, 6.45) is 1.54. The van der Waals surface area contributed by atoms with Crippen molar-refractivity contribution in [1.29, 1.82) is 0 Å². The van der Waals surface area contributed by atoms with Gasteiger partial charge in [0, 0.05) is 24.2 Å². The summed E-state index contributed by atoms with van der Waals surface area (Å²) in [4.78, 5) is 16.5. The van der Waals surface area contributed by atoms with E-state index in [1.807, 2.05) is 6.07 Å². The smallest absolute Gasteiger partial charge is 0.258 e. The predicted molar refractivity (Wildman–Crippen MR) is 87.6 cm³/mol. The van der Waals surface area contributed by atoms with Crippen LogP contribution in [0.3, 0.4) is 0 Å². The molecule has 5 nitrogen and oxygen atoms in total. The number of carbonyl (C=O) groups is 1. The zero-order valence-corrected chi connectivity index (χ0v) is 13.2. The van der Waals surface area contributed by atoms with Gasteiger partial charge in [-0.2, -0.15) is 0 Å². The first-order chi connectivity index (χ1) is 11.6. The van der Waals surface area contributed by atoms with Gasteiger partial charge in [-0.15, -0.1) is 0 Å². The van der Waals surface area contributed by atoms with Gasteiger partial charge in [0.25, 0.3) is 5.91 Å². The van der Waals surface area contributed by atoms with Gasteiger partial charge < -0.3 is 14.5 Å². The third-order valence-electron chi connectivity index (χ3n) is 3.46. The molecule has 0 saturated carbocycles. The van der Waals surface area contributed by atoms with Crippen molar-refractivity contribution in [2.75, 3.05) is 12.4 Å². The number of oxazole rings is 1. The Balaban J connectivity index is 1.82. The van der Waals surface area contributed by atoms with Crippen molar-refractivity contribution in [3.8, 4) is 17.0 Å². The molecule has 6 heteroatoms. The largest absolute Gasteiger partial charge is 0.497 e. The first kappa shape index (κ1) is 15.7.